The molecule has 84 valence electrons. The van der Waals surface area contributed by atoms with Crippen molar-refractivity contribution >= 4 is 6.29 Å². The number of carbonyl (C=O) groups excluding carboxylic acids is 1. The van der Waals surface area contributed by atoms with Gasteiger partial charge < -0.3 is 10.1 Å². The molecule has 0 aliphatic carbocycles. The lowest BCUT2D eigenvalue weighted by Crippen LogP contribution is -2.16. The van der Waals surface area contributed by atoms with E-state index in [2.05, 4.69) is 12.2 Å². The molecule has 0 unspecified atom stereocenters. The van der Waals surface area contributed by atoms with Gasteiger partial charge in [-0.2, -0.15) is 0 Å². The molecule has 1 N–H and O–H groups in total. The number of carbonyl (C=O) groups is 1. The van der Waals surface area contributed by atoms with Gasteiger partial charge in [0.2, 0.25) is 0 Å². The van der Waals surface area contributed by atoms with E-state index in [0.717, 1.165) is 25.8 Å². The monoisotopic (exact) mass is 199 g/mol. The second kappa shape index (κ2) is 12.6. The quantitative estimate of drug-likeness (QED) is 0.409. The Hall–Kier alpha value is -0.370. The third-order valence-corrected chi connectivity index (χ3v) is 2.38. The lowest BCUT2D eigenvalue weighted by Gasteiger charge is -2.03. The Morgan fingerprint density at radius 1 is 0.929 bits per heavy atom. The molecule has 0 spiro atoms. The number of unbranched alkanes of at least 4 members (excludes halogenated alkanes) is 6. The van der Waals surface area contributed by atoms with Crippen LogP contribution in [0.2, 0.25) is 0 Å². The minimum Gasteiger partial charge on any atom is -0.317 e. The van der Waals surface area contributed by atoms with Crippen LogP contribution in [0.5, 0.6) is 0 Å². The molecule has 0 rings (SSSR count). The molecule has 0 saturated heterocycles. The van der Waals surface area contributed by atoms with Crippen molar-refractivity contribution in [3.8, 4) is 0 Å². The van der Waals surface area contributed by atoms with Crippen LogP contribution in [0.15, 0.2) is 0 Å². The number of aldehydes is 1. The molecule has 0 aromatic heterocycles. The zero-order valence-electron chi connectivity index (χ0n) is 9.56. The average Bonchev–Trinajstić information content (AvgIpc) is 2.21. The Bertz CT molecular complexity index is 115. The van der Waals surface area contributed by atoms with E-state index >= 15 is 0 Å². The number of hydrogen-bond donors (Lipinski definition) is 1. The summed E-state index contributed by atoms with van der Waals surface area (Å²) >= 11 is 0. The van der Waals surface area contributed by atoms with E-state index in [1.807, 2.05) is 0 Å². The third kappa shape index (κ3) is 11.6. The molecule has 0 radical (unpaired) electrons. The zero-order valence-corrected chi connectivity index (χ0v) is 9.56. The van der Waals surface area contributed by atoms with Crippen LogP contribution in [0.1, 0.15) is 58.3 Å². The summed E-state index contributed by atoms with van der Waals surface area (Å²) in [6, 6.07) is 0. The minimum atomic E-state index is 0.698. The molecular weight excluding hydrogens is 174 g/mol. The second-order valence-electron chi connectivity index (χ2n) is 3.83. The molecule has 2 nitrogen and oxygen atoms in total. The van der Waals surface area contributed by atoms with E-state index in [9.17, 15) is 4.79 Å². The summed E-state index contributed by atoms with van der Waals surface area (Å²) in [6.45, 7) is 4.35. The van der Waals surface area contributed by atoms with E-state index in [1.54, 1.807) is 0 Å². The molecule has 0 fully saturated rings. The first-order valence-electron chi connectivity index (χ1n) is 6.06. The first kappa shape index (κ1) is 13.6. The van der Waals surface area contributed by atoms with Gasteiger partial charge in [0.1, 0.15) is 6.29 Å². The predicted molar refractivity (Wildman–Crippen MR) is 61.5 cm³/mol. The van der Waals surface area contributed by atoms with Crippen LogP contribution in [0.25, 0.3) is 0 Å². The van der Waals surface area contributed by atoms with Gasteiger partial charge in [0.15, 0.2) is 0 Å². The van der Waals surface area contributed by atoms with E-state index in [1.165, 1.54) is 38.5 Å². The molecule has 0 amide bonds. The van der Waals surface area contributed by atoms with Crippen molar-refractivity contribution in [1.82, 2.24) is 5.32 Å². The lowest BCUT2D eigenvalue weighted by atomic mass is 10.1. The maximum absolute atomic E-state index is 10.0. The molecule has 0 atom stereocenters. The molecule has 0 bridgehead atoms. The fraction of sp³-hybridized carbons (Fsp3) is 0.917. The van der Waals surface area contributed by atoms with Crippen molar-refractivity contribution < 1.29 is 4.79 Å². The SMILES string of the molecule is CCCCCCCCNCCCC=O. The highest BCUT2D eigenvalue weighted by molar-refractivity contribution is 5.48. The summed E-state index contributed by atoms with van der Waals surface area (Å²) < 4.78 is 0. The fourth-order valence-corrected chi connectivity index (χ4v) is 1.47. The summed E-state index contributed by atoms with van der Waals surface area (Å²) in [4.78, 5) is 10.0. The molecule has 0 heterocycles. The Labute approximate surface area is 88.5 Å². The third-order valence-electron chi connectivity index (χ3n) is 2.38. The van der Waals surface area contributed by atoms with Gasteiger partial charge >= 0.3 is 0 Å². The van der Waals surface area contributed by atoms with Crippen LogP contribution in [0, 0.1) is 0 Å². The first-order valence-corrected chi connectivity index (χ1v) is 6.06. The maximum Gasteiger partial charge on any atom is 0.120 e. The second-order valence-corrected chi connectivity index (χ2v) is 3.83. The van der Waals surface area contributed by atoms with Crippen molar-refractivity contribution in [2.24, 2.45) is 0 Å². The van der Waals surface area contributed by atoms with Crippen LogP contribution >= 0.6 is 0 Å². The van der Waals surface area contributed by atoms with Crippen molar-refractivity contribution in [2.45, 2.75) is 58.3 Å². The van der Waals surface area contributed by atoms with Gasteiger partial charge in [0.05, 0.1) is 0 Å². The lowest BCUT2D eigenvalue weighted by molar-refractivity contribution is -0.107. The summed E-state index contributed by atoms with van der Waals surface area (Å²) in [7, 11) is 0. The fourth-order valence-electron chi connectivity index (χ4n) is 1.47. The highest BCUT2D eigenvalue weighted by atomic mass is 16.1. The zero-order chi connectivity index (χ0) is 10.5. The van der Waals surface area contributed by atoms with Crippen molar-refractivity contribution in [3.63, 3.8) is 0 Å². The number of hydrogen-bond acceptors (Lipinski definition) is 2. The van der Waals surface area contributed by atoms with Crippen molar-refractivity contribution in [3.05, 3.63) is 0 Å². The molecule has 14 heavy (non-hydrogen) atoms. The van der Waals surface area contributed by atoms with Gasteiger partial charge in [-0.15, -0.1) is 0 Å². The predicted octanol–water partition coefficient (Wildman–Crippen LogP) is 2.92. The summed E-state index contributed by atoms with van der Waals surface area (Å²) in [6.07, 6.45) is 10.8. The largest absolute Gasteiger partial charge is 0.317 e. The Morgan fingerprint density at radius 2 is 1.57 bits per heavy atom. The number of rotatable bonds is 11. The Kier molecular flexibility index (Phi) is 12.3. The van der Waals surface area contributed by atoms with Gasteiger partial charge in [-0.25, -0.2) is 0 Å². The van der Waals surface area contributed by atoms with Crippen LogP contribution in [0.4, 0.5) is 0 Å². The van der Waals surface area contributed by atoms with E-state index in [0.29, 0.717) is 6.42 Å². The molecule has 2 heteroatoms. The van der Waals surface area contributed by atoms with Crippen LogP contribution < -0.4 is 5.32 Å². The van der Waals surface area contributed by atoms with Crippen LogP contribution in [-0.2, 0) is 4.79 Å². The van der Waals surface area contributed by atoms with Gasteiger partial charge in [0.25, 0.3) is 0 Å². The molecule has 0 aromatic carbocycles. The molecule has 0 saturated carbocycles. The van der Waals surface area contributed by atoms with Gasteiger partial charge in [0, 0.05) is 6.42 Å². The Balaban J connectivity index is 2.81. The maximum atomic E-state index is 10.0. The standard InChI is InChI=1S/C12H25NO/c1-2-3-4-5-6-7-10-13-11-8-9-12-14/h12-13H,2-11H2,1H3. The van der Waals surface area contributed by atoms with Crippen molar-refractivity contribution in [1.29, 1.82) is 0 Å². The van der Waals surface area contributed by atoms with Crippen molar-refractivity contribution in [2.75, 3.05) is 13.1 Å². The molecule has 0 aliphatic rings. The summed E-state index contributed by atoms with van der Waals surface area (Å²) in [5, 5.41) is 3.35. The number of nitrogens with one attached hydrogen (secondary N) is 1. The minimum absolute atomic E-state index is 0.698. The van der Waals surface area contributed by atoms with Gasteiger partial charge in [-0.05, 0) is 25.9 Å². The van der Waals surface area contributed by atoms with Crippen LogP contribution in [-0.4, -0.2) is 19.4 Å². The van der Waals surface area contributed by atoms with E-state index in [4.69, 9.17) is 0 Å². The summed E-state index contributed by atoms with van der Waals surface area (Å²) in [5.41, 5.74) is 0. The summed E-state index contributed by atoms with van der Waals surface area (Å²) in [5.74, 6) is 0. The highest BCUT2D eigenvalue weighted by Gasteiger charge is 1.90. The van der Waals surface area contributed by atoms with Crippen LogP contribution in [0.3, 0.4) is 0 Å². The van der Waals surface area contributed by atoms with E-state index in [-0.39, 0.29) is 0 Å². The Morgan fingerprint density at radius 3 is 2.29 bits per heavy atom. The van der Waals surface area contributed by atoms with Gasteiger partial charge in [-0.1, -0.05) is 39.0 Å². The van der Waals surface area contributed by atoms with E-state index < -0.39 is 0 Å². The average molecular weight is 199 g/mol. The first-order chi connectivity index (χ1) is 6.91. The molecule has 0 aliphatic heterocycles. The topological polar surface area (TPSA) is 29.1 Å². The highest BCUT2D eigenvalue weighted by Crippen LogP contribution is 2.03. The smallest absolute Gasteiger partial charge is 0.120 e. The molecular formula is C12H25NO. The molecule has 0 aromatic rings. The van der Waals surface area contributed by atoms with Gasteiger partial charge in [-0.3, -0.25) is 0 Å². The normalized spacial score (nSPS) is 10.4.